The van der Waals surface area contributed by atoms with Crippen molar-refractivity contribution in [3.63, 3.8) is 0 Å². The summed E-state index contributed by atoms with van der Waals surface area (Å²) in [4.78, 5) is 31.3. The van der Waals surface area contributed by atoms with Gasteiger partial charge >= 0.3 is 11.3 Å². The van der Waals surface area contributed by atoms with E-state index in [1.807, 2.05) is 0 Å². The Morgan fingerprint density at radius 1 is 1.37 bits per heavy atom. The molecule has 0 radical (unpaired) electrons. The lowest BCUT2D eigenvalue weighted by atomic mass is 10.2. The van der Waals surface area contributed by atoms with Crippen LogP contribution in [0.25, 0.3) is 0 Å². The average Bonchev–Trinajstić information content (AvgIpc) is 3.06. The molecule has 2 aliphatic heterocycles. The van der Waals surface area contributed by atoms with Crippen molar-refractivity contribution in [1.82, 2.24) is 9.37 Å². The van der Waals surface area contributed by atoms with E-state index in [-0.39, 0.29) is 39.3 Å². The van der Waals surface area contributed by atoms with E-state index in [0.717, 1.165) is 9.37 Å². The van der Waals surface area contributed by atoms with Crippen molar-refractivity contribution >= 4 is 45.5 Å². The van der Waals surface area contributed by atoms with E-state index in [1.54, 1.807) is 11.0 Å². The van der Waals surface area contributed by atoms with Crippen LogP contribution in [0.2, 0.25) is 0 Å². The summed E-state index contributed by atoms with van der Waals surface area (Å²) >= 11 is 3.61. The zero-order valence-electron chi connectivity index (χ0n) is 16.1. The van der Waals surface area contributed by atoms with Crippen LogP contribution in [0.4, 0.5) is 25.4 Å². The molecule has 2 heterocycles. The summed E-state index contributed by atoms with van der Waals surface area (Å²) in [6, 6.07) is 4.33. The number of cyclic esters (lactones) is 1. The van der Waals surface area contributed by atoms with Gasteiger partial charge in [0.1, 0.15) is 18.5 Å². The molecule has 0 saturated carbocycles. The van der Waals surface area contributed by atoms with Crippen LogP contribution in [-0.4, -0.2) is 81.6 Å². The summed E-state index contributed by atoms with van der Waals surface area (Å²) in [6.07, 6.45) is -1.29. The number of rotatable bonds is 6. The molecule has 2 saturated heterocycles. The van der Waals surface area contributed by atoms with Crippen LogP contribution in [0.5, 0.6) is 0 Å². The van der Waals surface area contributed by atoms with Gasteiger partial charge in [0.25, 0.3) is 10.2 Å². The highest BCUT2D eigenvalue weighted by atomic mass is 32.2. The maximum absolute atomic E-state index is 14.7. The standard InChI is InChI=1S/C16H22FN5O6S2/c1-19(16(24)29)27-10-12-9-22(15(23)28-12)11-2-3-14(13(17)8-11)20-4-6-21(7-5-20)30(18,25)26/h2-3,8,12H,4-7,9-10H2,1H3,(H,24,29)(H2,18,25,26)/t12-/m0/s1. The molecule has 11 nitrogen and oxygen atoms in total. The predicted molar refractivity (Wildman–Crippen MR) is 109 cm³/mol. The van der Waals surface area contributed by atoms with E-state index < -0.39 is 33.5 Å². The second-order valence-electron chi connectivity index (χ2n) is 6.76. The Hall–Kier alpha value is -2.13. The van der Waals surface area contributed by atoms with Crippen LogP contribution in [0.3, 0.4) is 0 Å². The molecule has 2 aliphatic rings. The van der Waals surface area contributed by atoms with E-state index >= 15 is 0 Å². The first-order valence-electron chi connectivity index (χ1n) is 8.96. The summed E-state index contributed by atoms with van der Waals surface area (Å²) in [6.45, 7) is 0.955. The van der Waals surface area contributed by atoms with Crippen LogP contribution in [-0.2, 0) is 19.8 Å². The lowest BCUT2D eigenvalue weighted by Crippen LogP contribution is -2.50. The maximum Gasteiger partial charge on any atom is 0.414 e. The third kappa shape index (κ3) is 5.13. The summed E-state index contributed by atoms with van der Waals surface area (Å²) in [7, 11) is -2.39. The number of anilines is 2. The first-order chi connectivity index (χ1) is 14.1. The Kier molecular flexibility index (Phi) is 6.71. The molecule has 2 N–H and O–H groups in total. The molecule has 166 valence electrons. The number of nitrogens with two attached hydrogens (primary N) is 1. The van der Waals surface area contributed by atoms with Gasteiger partial charge in [0, 0.05) is 33.2 Å². The largest absolute Gasteiger partial charge is 0.441 e. The number of carbonyl (C=O) groups is 2. The molecule has 14 heteroatoms. The summed E-state index contributed by atoms with van der Waals surface area (Å²) in [5, 5.41) is 5.42. The fourth-order valence-corrected chi connectivity index (χ4v) is 3.90. The number of carbonyl (C=O) groups excluding carboxylic acids is 2. The summed E-state index contributed by atoms with van der Waals surface area (Å²) in [5.41, 5.74) is 0.611. The smallest absolute Gasteiger partial charge is 0.414 e. The number of nitrogens with zero attached hydrogens (tertiary/aromatic N) is 4. The number of hydrogen-bond acceptors (Lipinski definition) is 7. The second kappa shape index (κ2) is 8.93. The molecule has 3 rings (SSSR count). The van der Waals surface area contributed by atoms with Gasteiger partial charge in [-0.25, -0.2) is 19.4 Å². The van der Waals surface area contributed by atoms with E-state index in [0.29, 0.717) is 11.4 Å². The van der Waals surface area contributed by atoms with Crippen molar-refractivity contribution in [2.75, 3.05) is 56.2 Å². The maximum atomic E-state index is 14.7. The van der Waals surface area contributed by atoms with Gasteiger partial charge in [-0.2, -0.15) is 12.7 Å². The number of thiol groups is 1. The van der Waals surface area contributed by atoms with Crippen molar-refractivity contribution in [3.8, 4) is 0 Å². The van der Waals surface area contributed by atoms with Gasteiger partial charge in [0.2, 0.25) is 0 Å². The van der Waals surface area contributed by atoms with Crippen molar-refractivity contribution < 1.29 is 32.0 Å². The molecule has 0 unspecified atom stereocenters. The molecule has 0 aliphatic carbocycles. The monoisotopic (exact) mass is 463 g/mol. The Balaban J connectivity index is 1.63. The average molecular weight is 464 g/mol. The van der Waals surface area contributed by atoms with Crippen LogP contribution in [0.1, 0.15) is 0 Å². The van der Waals surface area contributed by atoms with Gasteiger partial charge in [-0.3, -0.25) is 14.5 Å². The van der Waals surface area contributed by atoms with Crippen LogP contribution >= 0.6 is 12.6 Å². The molecule has 2 amide bonds. The predicted octanol–water partition coefficient (Wildman–Crippen LogP) is 0.390. The first kappa shape index (κ1) is 22.6. The number of ether oxygens (including phenoxy) is 1. The van der Waals surface area contributed by atoms with Crippen molar-refractivity contribution in [2.24, 2.45) is 5.14 Å². The Morgan fingerprint density at radius 3 is 2.60 bits per heavy atom. The lowest BCUT2D eigenvalue weighted by molar-refractivity contribution is -0.113. The minimum atomic E-state index is -3.77. The van der Waals surface area contributed by atoms with Gasteiger partial charge in [-0.1, -0.05) is 12.6 Å². The minimum Gasteiger partial charge on any atom is -0.441 e. The normalized spacial score (nSPS) is 20.4. The highest BCUT2D eigenvalue weighted by Crippen LogP contribution is 2.28. The Bertz CT molecular complexity index is 925. The molecule has 2 fully saturated rings. The molecular weight excluding hydrogens is 441 g/mol. The molecule has 0 aromatic heterocycles. The van der Waals surface area contributed by atoms with Crippen molar-refractivity contribution in [1.29, 1.82) is 0 Å². The van der Waals surface area contributed by atoms with E-state index in [2.05, 4.69) is 12.6 Å². The van der Waals surface area contributed by atoms with Gasteiger partial charge < -0.3 is 9.64 Å². The quantitative estimate of drug-likeness (QED) is 0.462. The zero-order valence-corrected chi connectivity index (χ0v) is 17.8. The van der Waals surface area contributed by atoms with Crippen molar-refractivity contribution in [2.45, 2.75) is 6.10 Å². The number of piperazine rings is 1. The van der Waals surface area contributed by atoms with E-state index in [4.69, 9.17) is 14.7 Å². The molecule has 0 bridgehead atoms. The number of hydroxylamine groups is 2. The third-order valence-electron chi connectivity index (χ3n) is 4.78. The topological polar surface area (TPSA) is 126 Å². The van der Waals surface area contributed by atoms with Gasteiger partial charge in [0.05, 0.1) is 17.9 Å². The van der Waals surface area contributed by atoms with Crippen LogP contribution in [0.15, 0.2) is 18.2 Å². The molecule has 30 heavy (non-hydrogen) atoms. The number of halogens is 1. The summed E-state index contributed by atoms with van der Waals surface area (Å²) < 4.78 is 43.8. The highest BCUT2D eigenvalue weighted by molar-refractivity contribution is 7.96. The zero-order chi connectivity index (χ0) is 22.1. The molecule has 1 aromatic rings. The molecule has 1 atom stereocenters. The molecule has 0 spiro atoms. The SMILES string of the molecule is CN(OC[C@@H]1CN(c2ccc(N3CCN(S(N)(=O)=O)CC3)c(F)c2)C(=O)O1)C(=O)S. The molecule has 1 aromatic carbocycles. The first-order valence-corrected chi connectivity index (χ1v) is 10.9. The van der Waals surface area contributed by atoms with Crippen LogP contribution < -0.4 is 14.9 Å². The third-order valence-corrected chi connectivity index (χ3v) is 6.15. The van der Waals surface area contributed by atoms with Crippen LogP contribution in [0, 0.1) is 5.82 Å². The fourth-order valence-electron chi connectivity index (χ4n) is 3.17. The minimum absolute atomic E-state index is 0.0556. The fraction of sp³-hybridized carbons (Fsp3) is 0.500. The summed E-state index contributed by atoms with van der Waals surface area (Å²) in [5.74, 6) is -0.551. The van der Waals surface area contributed by atoms with Gasteiger partial charge in [-0.05, 0) is 18.2 Å². The second-order valence-corrected chi connectivity index (χ2v) is 8.69. The highest BCUT2D eigenvalue weighted by Gasteiger charge is 2.34. The van der Waals surface area contributed by atoms with Gasteiger partial charge in [0.15, 0.2) is 0 Å². The Labute approximate surface area is 178 Å². The number of amides is 2. The van der Waals surface area contributed by atoms with Gasteiger partial charge in [-0.15, -0.1) is 0 Å². The number of hydrogen-bond donors (Lipinski definition) is 2. The van der Waals surface area contributed by atoms with Crippen molar-refractivity contribution in [3.05, 3.63) is 24.0 Å². The number of benzene rings is 1. The lowest BCUT2D eigenvalue weighted by Gasteiger charge is -2.34. The Morgan fingerprint density at radius 2 is 2.03 bits per heavy atom. The van der Waals surface area contributed by atoms with E-state index in [1.165, 1.54) is 24.1 Å². The molecular formula is C16H22FN5O6S2. The van der Waals surface area contributed by atoms with E-state index in [9.17, 15) is 22.4 Å².